The van der Waals surface area contributed by atoms with E-state index >= 15 is 0 Å². The van der Waals surface area contributed by atoms with Gasteiger partial charge in [0, 0.05) is 12.2 Å². The Morgan fingerprint density at radius 2 is 2.21 bits per heavy atom. The van der Waals surface area contributed by atoms with E-state index in [0.717, 1.165) is 16.8 Å². The molecule has 1 aromatic rings. The van der Waals surface area contributed by atoms with Crippen LogP contribution in [0.25, 0.3) is 0 Å². The number of aliphatic carboxylic acids is 1. The number of carbonyl (C=O) groups excluding carboxylic acids is 1. The van der Waals surface area contributed by atoms with Gasteiger partial charge in [-0.15, -0.1) is 0 Å². The first-order valence-electron chi connectivity index (χ1n) is 6.36. The van der Waals surface area contributed by atoms with Crippen molar-refractivity contribution in [2.75, 3.05) is 11.4 Å². The summed E-state index contributed by atoms with van der Waals surface area (Å²) in [6.45, 7) is 2.08. The maximum Gasteiger partial charge on any atom is 0.305 e. The van der Waals surface area contributed by atoms with Crippen molar-refractivity contribution >= 4 is 17.6 Å². The van der Waals surface area contributed by atoms with Crippen molar-refractivity contribution in [1.29, 1.82) is 0 Å². The first-order valence-corrected chi connectivity index (χ1v) is 6.36. The molecule has 1 heterocycles. The summed E-state index contributed by atoms with van der Waals surface area (Å²) >= 11 is 0. The Kier molecular flexibility index (Phi) is 3.85. The van der Waals surface area contributed by atoms with Gasteiger partial charge >= 0.3 is 5.97 Å². The van der Waals surface area contributed by atoms with Crippen LogP contribution in [0.2, 0.25) is 0 Å². The zero-order valence-electron chi connectivity index (χ0n) is 10.8. The molecule has 0 saturated carbocycles. The fraction of sp³-hybridized carbons (Fsp3) is 0.429. The van der Waals surface area contributed by atoms with Crippen LogP contribution in [0.1, 0.15) is 37.0 Å². The van der Waals surface area contributed by atoms with Gasteiger partial charge in [0.2, 0.25) is 5.91 Å². The highest BCUT2D eigenvalue weighted by molar-refractivity contribution is 6.01. The van der Waals surface area contributed by atoms with Crippen LogP contribution in [-0.4, -0.2) is 28.6 Å². The minimum atomic E-state index is -0.917. The summed E-state index contributed by atoms with van der Waals surface area (Å²) in [4.78, 5) is 24.0. The van der Waals surface area contributed by atoms with Gasteiger partial charge in [0.1, 0.15) is 0 Å². The number of hydrogen-bond donors (Lipinski definition) is 2. The second kappa shape index (κ2) is 5.40. The zero-order chi connectivity index (χ0) is 14.0. The smallest absolute Gasteiger partial charge is 0.305 e. The fourth-order valence-electron chi connectivity index (χ4n) is 2.30. The van der Waals surface area contributed by atoms with E-state index < -0.39 is 12.1 Å². The minimum Gasteiger partial charge on any atom is -0.481 e. The molecule has 2 rings (SSSR count). The monoisotopic (exact) mass is 263 g/mol. The summed E-state index contributed by atoms with van der Waals surface area (Å²) in [6, 6.07) is 5.41. The average molecular weight is 263 g/mol. The molecule has 1 aliphatic heterocycles. The van der Waals surface area contributed by atoms with Gasteiger partial charge in [-0.1, -0.05) is 19.1 Å². The van der Waals surface area contributed by atoms with Crippen LogP contribution < -0.4 is 4.90 Å². The van der Waals surface area contributed by atoms with Gasteiger partial charge in [-0.05, 0) is 23.6 Å². The van der Waals surface area contributed by atoms with E-state index in [4.69, 9.17) is 5.11 Å². The number of aliphatic hydroxyl groups excluding tert-OH is 1. The Hall–Kier alpha value is -1.88. The van der Waals surface area contributed by atoms with Gasteiger partial charge in [-0.3, -0.25) is 9.59 Å². The van der Waals surface area contributed by atoms with Crippen molar-refractivity contribution in [1.82, 2.24) is 0 Å². The minimum absolute atomic E-state index is 0.0650. The first-order chi connectivity index (χ1) is 9.02. The molecule has 0 radical (unpaired) electrons. The number of benzene rings is 1. The number of nitrogens with zero attached hydrogens (tertiary/aromatic N) is 1. The van der Waals surface area contributed by atoms with Crippen molar-refractivity contribution < 1.29 is 19.8 Å². The predicted octanol–water partition coefficient (Wildman–Crippen LogP) is 1.49. The number of hydrogen-bond acceptors (Lipinski definition) is 3. The number of carboxylic acids is 1. The third-order valence-electron chi connectivity index (χ3n) is 3.36. The molecule has 0 aliphatic carbocycles. The van der Waals surface area contributed by atoms with E-state index in [1.165, 1.54) is 4.90 Å². The lowest BCUT2D eigenvalue weighted by Gasteiger charge is -2.17. The van der Waals surface area contributed by atoms with Gasteiger partial charge < -0.3 is 15.1 Å². The van der Waals surface area contributed by atoms with Crippen LogP contribution in [0.3, 0.4) is 0 Å². The van der Waals surface area contributed by atoms with Gasteiger partial charge in [0.15, 0.2) is 0 Å². The summed E-state index contributed by atoms with van der Waals surface area (Å²) in [5.74, 6) is -1.00. The Labute approximate surface area is 111 Å². The third-order valence-corrected chi connectivity index (χ3v) is 3.36. The van der Waals surface area contributed by atoms with Crippen LogP contribution in [0, 0.1) is 0 Å². The number of carboxylic acid groups (broad SMARTS) is 1. The summed E-state index contributed by atoms with van der Waals surface area (Å²) in [5.41, 5.74) is 2.42. The maximum atomic E-state index is 11.9. The van der Waals surface area contributed by atoms with Gasteiger partial charge in [-0.25, -0.2) is 0 Å². The number of fused-ring (bicyclic) bond motifs is 1. The van der Waals surface area contributed by atoms with E-state index in [1.54, 1.807) is 12.1 Å². The molecule has 2 N–H and O–H groups in total. The van der Waals surface area contributed by atoms with Crippen molar-refractivity contribution in [3.05, 3.63) is 29.3 Å². The van der Waals surface area contributed by atoms with Crippen molar-refractivity contribution in [3.63, 3.8) is 0 Å². The molecule has 0 saturated heterocycles. The highest BCUT2D eigenvalue weighted by atomic mass is 16.4. The lowest BCUT2D eigenvalue weighted by molar-refractivity contribution is -0.136. The molecule has 1 aromatic carbocycles. The second-order valence-corrected chi connectivity index (χ2v) is 4.68. The zero-order valence-corrected chi connectivity index (χ0v) is 10.8. The highest BCUT2D eigenvalue weighted by Gasteiger charge is 2.27. The molecule has 0 spiro atoms. The largest absolute Gasteiger partial charge is 0.481 e. The number of amides is 1. The Bertz CT molecular complexity index is 512. The fourth-order valence-corrected chi connectivity index (χ4v) is 2.30. The van der Waals surface area contributed by atoms with Crippen molar-refractivity contribution in [2.45, 2.75) is 32.3 Å². The quantitative estimate of drug-likeness (QED) is 0.843. The summed E-state index contributed by atoms with van der Waals surface area (Å²) < 4.78 is 0. The summed E-state index contributed by atoms with van der Waals surface area (Å²) in [5, 5.41) is 18.5. The molecule has 0 bridgehead atoms. The maximum absolute atomic E-state index is 11.9. The predicted molar refractivity (Wildman–Crippen MR) is 70.0 cm³/mol. The van der Waals surface area contributed by atoms with Crippen molar-refractivity contribution in [3.8, 4) is 0 Å². The summed E-state index contributed by atoms with van der Waals surface area (Å²) in [7, 11) is 0. The normalized spacial score (nSPS) is 15.5. The van der Waals surface area contributed by atoms with Crippen LogP contribution in [0.15, 0.2) is 18.2 Å². The molecule has 1 aliphatic rings. The molecule has 5 nitrogen and oxygen atoms in total. The van der Waals surface area contributed by atoms with Gasteiger partial charge in [0.05, 0.1) is 18.9 Å². The van der Waals surface area contributed by atoms with Crippen LogP contribution >= 0.6 is 0 Å². The number of carbonyl (C=O) groups is 2. The topological polar surface area (TPSA) is 77.8 Å². The summed E-state index contributed by atoms with van der Waals surface area (Å²) in [6.07, 6.45) is 0.313. The van der Waals surface area contributed by atoms with Gasteiger partial charge in [0.25, 0.3) is 0 Å². The van der Waals surface area contributed by atoms with Crippen LogP contribution in [0.4, 0.5) is 5.69 Å². The number of anilines is 1. The average Bonchev–Trinajstić information content (AvgIpc) is 2.69. The molecule has 1 unspecified atom stereocenters. The lowest BCUT2D eigenvalue weighted by Crippen LogP contribution is -2.29. The molecule has 1 amide bonds. The van der Waals surface area contributed by atoms with E-state index in [-0.39, 0.29) is 25.3 Å². The SMILES string of the molecule is CCC(O)c1ccc2c(c1)CC(=O)N2CCC(=O)O. The Morgan fingerprint density at radius 1 is 1.47 bits per heavy atom. The second-order valence-electron chi connectivity index (χ2n) is 4.68. The van der Waals surface area contributed by atoms with Crippen molar-refractivity contribution in [2.24, 2.45) is 0 Å². The molecule has 5 heteroatoms. The van der Waals surface area contributed by atoms with E-state index in [2.05, 4.69) is 0 Å². The van der Waals surface area contributed by atoms with Crippen LogP contribution in [0.5, 0.6) is 0 Å². The molecular weight excluding hydrogens is 246 g/mol. The Balaban J connectivity index is 2.22. The molecular formula is C14H17NO4. The van der Waals surface area contributed by atoms with E-state index in [1.807, 2.05) is 13.0 Å². The lowest BCUT2D eigenvalue weighted by atomic mass is 10.0. The van der Waals surface area contributed by atoms with E-state index in [9.17, 15) is 14.7 Å². The third kappa shape index (κ3) is 2.76. The molecule has 1 atom stereocenters. The van der Waals surface area contributed by atoms with Crippen LogP contribution in [-0.2, 0) is 16.0 Å². The standard InChI is InChI=1S/C14H17NO4/c1-2-12(16)9-3-4-11-10(7-9)8-13(17)15(11)6-5-14(18)19/h3-4,7,12,16H,2,5-6,8H2,1H3,(H,18,19). The Morgan fingerprint density at radius 3 is 2.84 bits per heavy atom. The van der Waals surface area contributed by atoms with Gasteiger partial charge in [-0.2, -0.15) is 0 Å². The van der Waals surface area contributed by atoms with E-state index in [0.29, 0.717) is 6.42 Å². The molecule has 102 valence electrons. The molecule has 0 fully saturated rings. The molecule has 0 aromatic heterocycles. The number of rotatable bonds is 5. The number of aliphatic hydroxyl groups is 1. The first kappa shape index (κ1) is 13.5. The molecule has 19 heavy (non-hydrogen) atoms. The highest BCUT2D eigenvalue weighted by Crippen LogP contribution is 2.31.